The van der Waals surface area contributed by atoms with E-state index in [-0.39, 0.29) is 18.0 Å². The molecule has 1 aliphatic heterocycles. The van der Waals surface area contributed by atoms with Gasteiger partial charge in [-0.2, -0.15) is 5.10 Å². The van der Waals surface area contributed by atoms with E-state index in [1.54, 1.807) is 0 Å². The molecule has 1 amide bonds. The van der Waals surface area contributed by atoms with Crippen molar-refractivity contribution in [1.82, 2.24) is 20.6 Å². The summed E-state index contributed by atoms with van der Waals surface area (Å²) in [6, 6.07) is 7.02. The third kappa shape index (κ3) is 3.87. The van der Waals surface area contributed by atoms with Crippen LogP contribution in [-0.2, 0) is 11.8 Å². The number of carbonyl (C=O) groups is 1. The summed E-state index contributed by atoms with van der Waals surface area (Å²) >= 11 is 0. The molecule has 26 heavy (non-hydrogen) atoms. The Bertz CT molecular complexity index is 771. The van der Waals surface area contributed by atoms with Gasteiger partial charge in [-0.3, -0.25) is 9.48 Å². The number of hydrogen-bond acceptors (Lipinski definition) is 6. The van der Waals surface area contributed by atoms with E-state index in [9.17, 15) is 4.79 Å². The molecule has 0 aliphatic carbocycles. The molecule has 8 heteroatoms. The molecule has 2 unspecified atom stereocenters. The van der Waals surface area contributed by atoms with E-state index in [4.69, 9.17) is 10.5 Å². The van der Waals surface area contributed by atoms with E-state index in [1.807, 2.05) is 49.8 Å². The first-order valence-corrected chi connectivity index (χ1v) is 8.74. The van der Waals surface area contributed by atoms with Crippen LogP contribution in [0.15, 0.2) is 24.3 Å². The smallest absolute Gasteiger partial charge is 0.242 e. The van der Waals surface area contributed by atoms with Crippen molar-refractivity contribution in [2.45, 2.75) is 32.4 Å². The number of nitrogens with zero attached hydrogens (tertiary/aromatic N) is 2. The molecule has 0 spiro atoms. The Kier molecular flexibility index (Phi) is 5.55. The molecule has 2 atom stereocenters. The van der Waals surface area contributed by atoms with E-state index < -0.39 is 0 Å². The molecule has 1 aliphatic rings. The van der Waals surface area contributed by atoms with Crippen LogP contribution >= 0.6 is 0 Å². The van der Waals surface area contributed by atoms with Crippen LogP contribution in [0, 0.1) is 13.8 Å². The third-order valence-corrected chi connectivity index (χ3v) is 4.64. The maximum absolute atomic E-state index is 12.5. The van der Waals surface area contributed by atoms with Crippen LogP contribution in [0.5, 0.6) is 5.75 Å². The molecule has 0 radical (unpaired) electrons. The van der Waals surface area contributed by atoms with E-state index in [0.717, 1.165) is 28.4 Å². The Morgan fingerprint density at radius 2 is 2.08 bits per heavy atom. The summed E-state index contributed by atoms with van der Waals surface area (Å²) in [5.74, 6) is 0.659. The Morgan fingerprint density at radius 3 is 2.69 bits per heavy atom. The maximum atomic E-state index is 12.5. The van der Waals surface area contributed by atoms with Crippen LogP contribution in [0.1, 0.15) is 29.4 Å². The van der Waals surface area contributed by atoms with Crippen molar-refractivity contribution in [2.24, 2.45) is 12.8 Å². The second kappa shape index (κ2) is 7.86. The topological polar surface area (TPSA) is 106 Å². The summed E-state index contributed by atoms with van der Waals surface area (Å²) in [5, 5.41) is 7.38. The largest absolute Gasteiger partial charge is 0.492 e. The fraction of sp³-hybridized carbons (Fsp3) is 0.444. The molecule has 2 aromatic rings. The molecule has 1 fully saturated rings. The highest BCUT2D eigenvalue weighted by Crippen LogP contribution is 2.28. The standard InChI is InChI=1S/C18H26N6O2/c1-11-17(12(2)24(3)23-11)15-10-16(22-21-15)18(25)20-13-4-6-14(7-5-13)26-9-8-19/h4-7,15-16,21-22H,8-10,19H2,1-3H3,(H,20,25). The van der Waals surface area contributed by atoms with Crippen LogP contribution in [0.2, 0.25) is 0 Å². The second-order valence-corrected chi connectivity index (χ2v) is 6.49. The molecule has 5 N–H and O–H groups in total. The average molecular weight is 358 g/mol. The van der Waals surface area contributed by atoms with Crippen molar-refractivity contribution < 1.29 is 9.53 Å². The SMILES string of the molecule is Cc1nn(C)c(C)c1C1CC(C(=O)Nc2ccc(OCCN)cc2)NN1. The average Bonchev–Trinajstić information content (AvgIpc) is 3.19. The first-order chi connectivity index (χ1) is 12.5. The Balaban J connectivity index is 1.59. The van der Waals surface area contributed by atoms with Gasteiger partial charge in [0, 0.05) is 30.5 Å². The summed E-state index contributed by atoms with van der Waals surface area (Å²) in [4.78, 5) is 12.5. The number of aromatic nitrogens is 2. The van der Waals surface area contributed by atoms with Gasteiger partial charge >= 0.3 is 0 Å². The first-order valence-electron chi connectivity index (χ1n) is 8.74. The molecular formula is C18H26N6O2. The highest BCUT2D eigenvalue weighted by atomic mass is 16.5. The zero-order valence-electron chi connectivity index (χ0n) is 15.4. The van der Waals surface area contributed by atoms with Crippen molar-refractivity contribution >= 4 is 11.6 Å². The molecule has 1 saturated heterocycles. The fourth-order valence-corrected chi connectivity index (χ4v) is 3.25. The van der Waals surface area contributed by atoms with Gasteiger partial charge in [0.2, 0.25) is 5.91 Å². The fourth-order valence-electron chi connectivity index (χ4n) is 3.25. The zero-order valence-corrected chi connectivity index (χ0v) is 15.4. The van der Waals surface area contributed by atoms with Crippen LogP contribution in [0.3, 0.4) is 0 Å². The Labute approximate surface area is 153 Å². The number of ether oxygens (including phenoxy) is 1. The molecule has 140 valence electrons. The van der Waals surface area contributed by atoms with Gasteiger partial charge in [-0.1, -0.05) is 0 Å². The predicted octanol–water partition coefficient (Wildman–Crippen LogP) is 0.921. The van der Waals surface area contributed by atoms with Crippen LogP contribution in [0.4, 0.5) is 5.69 Å². The first kappa shape index (κ1) is 18.4. The normalized spacial score (nSPS) is 19.5. The van der Waals surface area contributed by atoms with Crippen molar-refractivity contribution in [3.63, 3.8) is 0 Å². The summed E-state index contributed by atoms with van der Waals surface area (Å²) in [7, 11) is 1.93. The van der Waals surface area contributed by atoms with E-state index in [2.05, 4.69) is 21.3 Å². The van der Waals surface area contributed by atoms with E-state index in [0.29, 0.717) is 19.6 Å². The zero-order chi connectivity index (χ0) is 18.7. The predicted molar refractivity (Wildman–Crippen MR) is 99.7 cm³/mol. The number of hydrogen-bond donors (Lipinski definition) is 4. The van der Waals surface area contributed by atoms with Crippen molar-refractivity contribution in [3.05, 3.63) is 41.2 Å². The lowest BCUT2D eigenvalue weighted by Crippen LogP contribution is -2.39. The minimum atomic E-state index is -0.313. The summed E-state index contributed by atoms with van der Waals surface area (Å²) in [6.45, 7) is 4.97. The minimum Gasteiger partial charge on any atom is -0.492 e. The number of anilines is 1. The van der Waals surface area contributed by atoms with E-state index >= 15 is 0 Å². The van der Waals surface area contributed by atoms with Gasteiger partial charge < -0.3 is 15.8 Å². The number of carbonyl (C=O) groups excluding carboxylic acids is 1. The number of aryl methyl sites for hydroxylation is 2. The van der Waals surface area contributed by atoms with Gasteiger partial charge in [0.1, 0.15) is 18.4 Å². The van der Waals surface area contributed by atoms with Gasteiger partial charge in [0.15, 0.2) is 0 Å². The molecule has 3 rings (SSSR count). The van der Waals surface area contributed by atoms with Crippen LogP contribution in [-0.4, -0.2) is 34.9 Å². The molecule has 0 saturated carbocycles. The van der Waals surface area contributed by atoms with Crippen LogP contribution < -0.4 is 26.6 Å². The number of nitrogens with two attached hydrogens (primary N) is 1. The third-order valence-electron chi connectivity index (χ3n) is 4.64. The molecular weight excluding hydrogens is 332 g/mol. The molecule has 0 bridgehead atoms. The van der Waals surface area contributed by atoms with Crippen molar-refractivity contribution in [1.29, 1.82) is 0 Å². The van der Waals surface area contributed by atoms with Crippen molar-refractivity contribution in [2.75, 3.05) is 18.5 Å². The van der Waals surface area contributed by atoms with Gasteiger partial charge in [-0.25, -0.2) is 10.9 Å². The minimum absolute atomic E-state index is 0.0616. The Morgan fingerprint density at radius 1 is 1.35 bits per heavy atom. The summed E-state index contributed by atoms with van der Waals surface area (Å²) < 4.78 is 7.30. The van der Waals surface area contributed by atoms with Gasteiger partial charge in [0.25, 0.3) is 0 Å². The van der Waals surface area contributed by atoms with Gasteiger partial charge in [0.05, 0.1) is 11.7 Å². The second-order valence-electron chi connectivity index (χ2n) is 6.49. The number of benzene rings is 1. The highest BCUT2D eigenvalue weighted by Gasteiger charge is 2.33. The Hall–Kier alpha value is -2.42. The lowest BCUT2D eigenvalue weighted by atomic mass is 10.00. The maximum Gasteiger partial charge on any atom is 0.242 e. The molecule has 2 heterocycles. The lowest BCUT2D eigenvalue weighted by Gasteiger charge is -2.12. The lowest BCUT2D eigenvalue weighted by molar-refractivity contribution is -0.117. The van der Waals surface area contributed by atoms with Gasteiger partial charge in [-0.15, -0.1) is 0 Å². The number of nitrogens with one attached hydrogen (secondary N) is 3. The molecule has 1 aromatic heterocycles. The van der Waals surface area contributed by atoms with E-state index in [1.165, 1.54) is 0 Å². The highest BCUT2D eigenvalue weighted by molar-refractivity contribution is 5.95. The summed E-state index contributed by atoms with van der Waals surface area (Å²) in [6.07, 6.45) is 0.664. The molecule has 8 nitrogen and oxygen atoms in total. The summed E-state index contributed by atoms with van der Waals surface area (Å²) in [5.41, 5.74) is 15.7. The number of amides is 1. The van der Waals surface area contributed by atoms with Crippen molar-refractivity contribution in [3.8, 4) is 5.75 Å². The monoisotopic (exact) mass is 358 g/mol. The van der Waals surface area contributed by atoms with Crippen LogP contribution in [0.25, 0.3) is 0 Å². The number of hydrazine groups is 1. The quantitative estimate of drug-likeness (QED) is 0.612. The molecule has 1 aromatic carbocycles. The number of rotatable bonds is 6. The van der Waals surface area contributed by atoms with Gasteiger partial charge in [-0.05, 0) is 44.5 Å².